The van der Waals surface area contributed by atoms with Gasteiger partial charge in [0.2, 0.25) is 5.76 Å². The van der Waals surface area contributed by atoms with Gasteiger partial charge in [-0.15, -0.1) is 0 Å². The van der Waals surface area contributed by atoms with Crippen molar-refractivity contribution in [3.8, 4) is 0 Å². The van der Waals surface area contributed by atoms with E-state index in [1.54, 1.807) is 41.3 Å². The fourth-order valence-corrected chi connectivity index (χ4v) is 1.98. The van der Waals surface area contributed by atoms with E-state index in [0.29, 0.717) is 18.1 Å². The van der Waals surface area contributed by atoms with Gasteiger partial charge in [-0.1, -0.05) is 0 Å². The van der Waals surface area contributed by atoms with Crippen LogP contribution in [0.4, 0.5) is 0 Å². The van der Waals surface area contributed by atoms with E-state index in [9.17, 15) is 9.59 Å². The number of nitrogens with zero attached hydrogens (tertiary/aromatic N) is 2. The summed E-state index contributed by atoms with van der Waals surface area (Å²) in [4.78, 5) is 23.5. The number of hydrogen-bond acceptors (Lipinski definition) is 6. The zero-order valence-corrected chi connectivity index (χ0v) is 12.7. The molecular weight excluding hydrogens is 314 g/mol. The SMILES string of the molecule is O=C(COC(=O)c1ccc(Cn2cccn2)o1)NCc1ccco1. The van der Waals surface area contributed by atoms with E-state index >= 15 is 0 Å². The first kappa shape index (κ1) is 15.6. The molecule has 0 fully saturated rings. The maximum absolute atomic E-state index is 11.9. The lowest BCUT2D eigenvalue weighted by Gasteiger charge is -2.04. The van der Waals surface area contributed by atoms with Crippen molar-refractivity contribution in [1.29, 1.82) is 0 Å². The van der Waals surface area contributed by atoms with Crippen LogP contribution < -0.4 is 5.32 Å². The summed E-state index contributed by atoms with van der Waals surface area (Å²) in [5.41, 5.74) is 0. The summed E-state index contributed by atoms with van der Waals surface area (Å²) in [5, 5.41) is 6.62. The van der Waals surface area contributed by atoms with Crippen LogP contribution in [0.25, 0.3) is 0 Å². The van der Waals surface area contributed by atoms with E-state index in [1.807, 2.05) is 0 Å². The molecule has 0 bridgehead atoms. The molecule has 1 amide bonds. The summed E-state index contributed by atoms with van der Waals surface area (Å²) in [7, 11) is 0. The van der Waals surface area contributed by atoms with Crippen LogP contribution in [0.2, 0.25) is 0 Å². The van der Waals surface area contributed by atoms with E-state index in [2.05, 4.69) is 10.4 Å². The molecular formula is C16H15N3O5. The molecule has 0 aliphatic heterocycles. The van der Waals surface area contributed by atoms with Gasteiger partial charge in [0.25, 0.3) is 5.91 Å². The molecule has 8 nitrogen and oxygen atoms in total. The largest absolute Gasteiger partial charge is 0.467 e. The lowest BCUT2D eigenvalue weighted by atomic mass is 10.4. The summed E-state index contributed by atoms with van der Waals surface area (Å²) in [5.74, 6) is 0.0887. The number of furan rings is 2. The topological polar surface area (TPSA) is 99.5 Å². The molecule has 8 heteroatoms. The maximum atomic E-state index is 11.9. The molecule has 0 saturated heterocycles. The number of carbonyl (C=O) groups is 2. The van der Waals surface area contributed by atoms with E-state index in [4.69, 9.17) is 13.6 Å². The van der Waals surface area contributed by atoms with Gasteiger partial charge in [-0.05, 0) is 30.3 Å². The van der Waals surface area contributed by atoms with Crippen molar-refractivity contribution >= 4 is 11.9 Å². The quantitative estimate of drug-likeness (QED) is 0.661. The van der Waals surface area contributed by atoms with Crippen molar-refractivity contribution in [1.82, 2.24) is 15.1 Å². The number of ether oxygens (including phenoxy) is 1. The molecule has 0 atom stereocenters. The van der Waals surface area contributed by atoms with Crippen LogP contribution >= 0.6 is 0 Å². The molecule has 3 rings (SSSR count). The summed E-state index contributed by atoms with van der Waals surface area (Å²) in [6, 6.07) is 8.41. The average molecular weight is 329 g/mol. The van der Waals surface area contributed by atoms with E-state index < -0.39 is 18.5 Å². The highest BCUT2D eigenvalue weighted by atomic mass is 16.5. The minimum absolute atomic E-state index is 0.0380. The van der Waals surface area contributed by atoms with Gasteiger partial charge < -0.3 is 18.9 Å². The van der Waals surface area contributed by atoms with Gasteiger partial charge in [0.1, 0.15) is 11.5 Å². The van der Waals surface area contributed by atoms with Crippen LogP contribution in [0.3, 0.4) is 0 Å². The van der Waals surface area contributed by atoms with Crippen molar-refractivity contribution in [2.75, 3.05) is 6.61 Å². The Morgan fingerprint density at radius 1 is 1.21 bits per heavy atom. The van der Waals surface area contributed by atoms with E-state index in [0.717, 1.165) is 0 Å². The Bertz CT molecular complexity index is 790. The molecule has 0 saturated carbocycles. The number of aromatic nitrogens is 2. The second kappa shape index (κ2) is 7.32. The van der Waals surface area contributed by atoms with Crippen LogP contribution in [0.1, 0.15) is 22.1 Å². The van der Waals surface area contributed by atoms with Crippen molar-refractivity contribution in [2.24, 2.45) is 0 Å². The zero-order valence-electron chi connectivity index (χ0n) is 12.7. The molecule has 0 aromatic carbocycles. The first-order chi connectivity index (χ1) is 11.7. The summed E-state index contributed by atoms with van der Waals surface area (Å²) < 4.78 is 17.0. The third-order valence-corrected chi connectivity index (χ3v) is 3.11. The van der Waals surface area contributed by atoms with Crippen molar-refractivity contribution < 1.29 is 23.2 Å². The van der Waals surface area contributed by atoms with Gasteiger partial charge in [-0.2, -0.15) is 5.10 Å². The fraction of sp³-hybridized carbons (Fsp3) is 0.188. The number of amides is 1. The number of carbonyl (C=O) groups excluding carboxylic acids is 2. The first-order valence-corrected chi connectivity index (χ1v) is 7.23. The average Bonchev–Trinajstić information content (AvgIpc) is 3.33. The molecule has 0 radical (unpaired) electrons. The Balaban J connectivity index is 1.44. The minimum atomic E-state index is -0.699. The third-order valence-electron chi connectivity index (χ3n) is 3.11. The number of rotatable bonds is 7. The van der Waals surface area contributed by atoms with E-state index in [-0.39, 0.29) is 12.3 Å². The van der Waals surface area contributed by atoms with Gasteiger partial charge >= 0.3 is 5.97 Å². The third kappa shape index (κ3) is 4.13. The van der Waals surface area contributed by atoms with Gasteiger partial charge in [0, 0.05) is 12.4 Å². The van der Waals surface area contributed by atoms with Gasteiger partial charge in [-0.3, -0.25) is 9.48 Å². The predicted molar refractivity (Wildman–Crippen MR) is 80.9 cm³/mol. The van der Waals surface area contributed by atoms with Crippen molar-refractivity contribution in [2.45, 2.75) is 13.1 Å². The molecule has 0 aliphatic carbocycles. The zero-order chi connectivity index (χ0) is 16.8. The van der Waals surface area contributed by atoms with Crippen LogP contribution in [0, 0.1) is 0 Å². The highest BCUT2D eigenvalue weighted by Gasteiger charge is 2.15. The van der Waals surface area contributed by atoms with Crippen LogP contribution in [0.5, 0.6) is 0 Å². The summed E-state index contributed by atoms with van der Waals surface area (Å²) >= 11 is 0. The first-order valence-electron chi connectivity index (χ1n) is 7.23. The lowest BCUT2D eigenvalue weighted by molar-refractivity contribution is -0.124. The monoisotopic (exact) mass is 329 g/mol. The Morgan fingerprint density at radius 2 is 2.12 bits per heavy atom. The molecule has 3 aromatic heterocycles. The molecule has 0 aliphatic rings. The van der Waals surface area contributed by atoms with E-state index in [1.165, 1.54) is 12.3 Å². The number of nitrogens with one attached hydrogen (secondary N) is 1. The second-order valence-electron chi connectivity index (χ2n) is 4.90. The minimum Gasteiger partial charge on any atom is -0.467 e. The molecule has 24 heavy (non-hydrogen) atoms. The second-order valence-corrected chi connectivity index (χ2v) is 4.90. The Labute approximate surface area is 137 Å². The maximum Gasteiger partial charge on any atom is 0.374 e. The molecule has 0 unspecified atom stereocenters. The lowest BCUT2D eigenvalue weighted by Crippen LogP contribution is -2.28. The Kier molecular flexibility index (Phi) is 4.76. The molecule has 3 heterocycles. The van der Waals surface area contributed by atoms with Crippen molar-refractivity contribution in [3.63, 3.8) is 0 Å². The summed E-state index contributed by atoms with van der Waals surface area (Å²) in [6.45, 7) is 0.247. The number of esters is 1. The normalized spacial score (nSPS) is 10.5. The van der Waals surface area contributed by atoms with Crippen molar-refractivity contribution in [3.05, 3.63) is 66.3 Å². The Morgan fingerprint density at radius 3 is 2.88 bits per heavy atom. The number of hydrogen-bond donors (Lipinski definition) is 1. The standard InChI is InChI=1S/C16H15N3O5/c20-15(17-9-12-3-1-8-22-12)11-23-16(21)14-5-4-13(24-14)10-19-7-2-6-18-19/h1-8H,9-11H2,(H,17,20). The molecule has 1 N–H and O–H groups in total. The van der Waals surface area contributed by atoms with Gasteiger partial charge in [0.05, 0.1) is 19.4 Å². The van der Waals surface area contributed by atoms with Gasteiger partial charge in [-0.25, -0.2) is 4.79 Å². The fourth-order valence-electron chi connectivity index (χ4n) is 1.98. The smallest absolute Gasteiger partial charge is 0.374 e. The molecule has 3 aromatic rings. The predicted octanol–water partition coefficient (Wildman–Crippen LogP) is 1.59. The van der Waals surface area contributed by atoms with Crippen LogP contribution in [-0.2, 0) is 22.6 Å². The molecule has 0 spiro atoms. The molecule has 124 valence electrons. The highest BCUT2D eigenvalue weighted by Crippen LogP contribution is 2.10. The Hall–Kier alpha value is -3.29. The summed E-state index contributed by atoms with van der Waals surface area (Å²) in [6.07, 6.45) is 4.95. The van der Waals surface area contributed by atoms with Gasteiger partial charge in [0.15, 0.2) is 6.61 Å². The highest BCUT2D eigenvalue weighted by molar-refractivity contribution is 5.88. The van der Waals surface area contributed by atoms with Crippen LogP contribution in [0.15, 0.2) is 57.8 Å². The van der Waals surface area contributed by atoms with Crippen LogP contribution in [-0.4, -0.2) is 28.3 Å².